The lowest BCUT2D eigenvalue weighted by molar-refractivity contribution is 0.101. The van der Waals surface area contributed by atoms with Crippen LogP contribution in [0, 0.1) is 6.92 Å². The number of ether oxygens (including phenoxy) is 1. The van der Waals surface area contributed by atoms with Crippen molar-refractivity contribution in [3.63, 3.8) is 0 Å². The van der Waals surface area contributed by atoms with E-state index in [9.17, 15) is 14.4 Å². The molecular weight excluding hydrogens is 272 g/mol. The number of H-pyrrole nitrogens is 1. The fraction of sp³-hybridized carbons (Fsp3) is 0.267. The van der Waals surface area contributed by atoms with Crippen LogP contribution in [0.3, 0.4) is 0 Å². The normalized spacial score (nSPS) is 10.4. The number of hydrogen-bond donors (Lipinski definition) is 1. The van der Waals surface area contributed by atoms with E-state index in [1.54, 1.807) is 25.1 Å². The van der Waals surface area contributed by atoms with Crippen LogP contribution in [-0.2, 0) is 6.54 Å². The number of rotatable bonds is 4. The lowest BCUT2D eigenvalue weighted by Crippen LogP contribution is -2.31. The predicted molar refractivity (Wildman–Crippen MR) is 78.2 cm³/mol. The maximum absolute atomic E-state index is 11.8. The molecule has 0 atom stereocenters. The van der Waals surface area contributed by atoms with Crippen LogP contribution in [0.4, 0.5) is 0 Å². The van der Waals surface area contributed by atoms with Crippen LogP contribution in [0.2, 0.25) is 0 Å². The molecule has 0 saturated carbocycles. The van der Waals surface area contributed by atoms with Gasteiger partial charge in [0.25, 0.3) is 5.56 Å². The number of ketones is 1. The van der Waals surface area contributed by atoms with Crippen molar-refractivity contribution >= 4 is 5.78 Å². The summed E-state index contributed by atoms with van der Waals surface area (Å²) >= 11 is 0. The Balaban J connectivity index is 2.50. The molecule has 21 heavy (non-hydrogen) atoms. The summed E-state index contributed by atoms with van der Waals surface area (Å²) < 4.78 is 6.62. The Morgan fingerprint density at radius 1 is 1.33 bits per heavy atom. The van der Waals surface area contributed by atoms with Gasteiger partial charge < -0.3 is 4.74 Å². The number of nitrogens with zero attached hydrogens (tertiary/aromatic N) is 1. The molecule has 1 aromatic heterocycles. The van der Waals surface area contributed by atoms with Crippen LogP contribution in [0.1, 0.15) is 28.4 Å². The molecule has 0 aliphatic carbocycles. The zero-order chi connectivity index (χ0) is 15.6. The molecule has 2 aromatic rings. The average Bonchev–Trinajstić information content (AvgIpc) is 2.44. The van der Waals surface area contributed by atoms with Gasteiger partial charge in [0.1, 0.15) is 5.75 Å². The van der Waals surface area contributed by atoms with Gasteiger partial charge in [-0.05, 0) is 32.0 Å². The SMILES string of the molecule is COc1ccc(C(C)=O)cc1Cn1cc(C)c(=O)[nH]c1=O. The van der Waals surface area contributed by atoms with E-state index in [4.69, 9.17) is 4.74 Å². The molecule has 0 unspecified atom stereocenters. The third-order valence-corrected chi connectivity index (χ3v) is 3.22. The van der Waals surface area contributed by atoms with Gasteiger partial charge in [0.05, 0.1) is 13.7 Å². The van der Waals surface area contributed by atoms with Crippen molar-refractivity contribution in [3.8, 4) is 5.75 Å². The minimum atomic E-state index is -0.499. The van der Waals surface area contributed by atoms with E-state index >= 15 is 0 Å². The summed E-state index contributed by atoms with van der Waals surface area (Å²) in [4.78, 5) is 36.9. The summed E-state index contributed by atoms with van der Waals surface area (Å²) in [6.07, 6.45) is 1.49. The Bertz CT molecular complexity index is 802. The van der Waals surface area contributed by atoms with Gasteiger partial charge >= 0.3 is 5.69 Å². The number of hydrogen-bond acceptors (Lipinski definition) is 4. The van der Waals surface area contributed by atoms with Gasteiger partial charge in [0, 0.05) is 22.9 Å². The number of carbonyl (C=O) groups excluding carboxylic acids is 1. The summed E-state index contributed by atoms with van der Waals surface area (Å²) in [6, 6.07) is 5.05. The van der Waals surface area contributed by atoms with Gasteiger partial charge in [0.2, 0.25) is 0 Å². The van der Waals surface area contributed by atoms with Crippen molar-refractivity contribution in [2.24, 2.45) is 0 Å². The zero-order valence-corrected chi connectivity index (χ0v) is 12.1. The molecule has 0 spiro atoms. The first-order valence-corrected chi connectivity index (χ1v) is 6.40. The summed E-state index contributed by atoms with van der Waals surface area (Å²) in [5.74, 6) is 0.514. The second-order valence-electron chi connectivity index (χ2n) is 4.78. The highest BCUT2D eigenvalue weighted by molar-refractivity contribution is 5.94. The second-order valence-corrected chi connectivity index (χ2v) is 4.78. The van der Waals surface area contributed by atoms with Gasteiger partial charge in [-0.15, -0.1) is 0 Å². The van der Waals surface area contributed by atoms with E-state index in [0.717, 1.165) is 0 Å². The van der Waals surface area contributed by atoms with E-state index in [-0.39, 0.29) is 12.3 Å². The Kier molecular flexibility index (Phi) is 4.07. The Morgan fingerprint density at radius 2 is 2.05 bits per heavy atom. The van der Waals surface area contributed by atoms with Gasteiger partial charge in [-0.25, -0.2) is 4.79 Å². The number of aromatic amines is 1. The molecule has 0 radical (unpaired) electrons. The highest BCUT2D eigenvalue weighted by Crippen LogP contribution is 2.20. The predicted octanol–water partition coefficient (Wildman–Crippen LogP) is 1.10. The molecule has 2 rings (SSSR count). The molecule has 6 nitrogen and oxygen atoms in total. The van der Waals surface area contributed by atoms with Crippen LogP contribution >= 0.6 is 0 Å². The molecule has 0 amide bonds. The first-order valence-electron chi connectivity index (χ1n) is 6.40. The smallest absolute Gasteiger partial charge is 0.328 e. The van der Waals surface area contributed by atoms with E-state index in [1.165, 1.54) is 24.8 Å². The Labute approximate surface area is 121 Å². The highest BCUT2D eigenvalue weighted by Gasteiger charge is 2.09. The minimum Gasteiger partial charge on any atom is -0.496 e. The number of aromatic nitrogens is 2. The van der Waals surface area contributed by atoms with Gasteiger partial charge in [-0.3, -0.25) is 19.1 Å². The molecule has 110 valence electrons. The van der Waals surface area contributed by atoms with Gasteiger partial charge in [0.15, 0.2) is 5.78 Å². The van der Waals surface area contributed by atoms with E-state index < -0.39 is 11.2 Å². The van der Waals surface area contributed by atoms with Crippen LogP contribution in [-0.4, -0.2) is 22.4 Å². The molecular formula is C15H16N2O4. The molecule has 0 saturated heterocycles. The van der Waals surface area contributed by atoms with Crippen molar-refractivity contribution in [2.45, 2.75) is 20.4 Å². The number of methoxy groups -OCH3 is 1. The van der Waals surface area contributed by atoms with Crippen LogP contribution in [0.15, 0.2) is 34.0 Å². The lowest BCUT2D eigenvalue weighted by atomic mass is 10.1. The minimum absolute atomic E-state index is 0.0658. The van der Waals surface area contributed by atoms with Crippen LogP contribution in [0.5, 0.6) is 5.75 Å². The molecule has 0 fully saturated rings. The highest BCUT2D eigenvalue weighted by atomic mass is 16.5. The Morgan fingerprint density at radius 3 is 2.67 bits per heavy atom. The van der Waals surface area contributed by atoms with Crippen molar-refractivity contribution in [1.29, 1.82) is 0 Å². The van der Waals surface area contributed by atoms with Crippen molar-refractivity contribution < 1.29 is 9.53 Å². The Hall–Kier alpha value is -2.63. The second kappa shape index (κ2) is 5.78. The molecule has 0 aliphatic rings. The molecule has 0 aliphatic heterocycles. The zero-order valence-electron chi connectivity index (χ0n) is 12.1. The summed E-state index contributed by atoms with van der Waals surface area (Å²) in [6.45, 7) is 3.31. The van der Waals surface area contributed by atoms with Crippen LogP contribution < -0.4 is 16.0 Å². The maximum atomic E-state index is 11.8. The summed E-state index contributed by atoms with van der Waals surface area (Å²) in [7, 11) is 1.52. The van der Waals surface area contributed by atoms with Crippen LogP contribution in [0.25, 0.3) is 0 Å². The van der Waals surface area contributed by atoms with Crippen molar-refractivity contribution in [3.05, 3.63) is 61.9 Å². The first-order chi connectivity index (χ1) is 9.92. The monoisotopic (exact) mass is 288 g/mol. The molecule has 1 N–H and O–H groups in total. The number of carbonyl (C=O) groups is 1. The third-order valence-electron chi connectivity index (χ3n) is 3.22. The average molecular weight is 288 g/mol. The van der Waals surface area contributed by atoms with Crippen molar-refractivity contribution in [2.75, 3.05) is 7.11 Å². The number of Topliss-reactive ketones (excluding diaryl/α,β-unsaturated/α-hetero) is 1. The van der Waals surface area contributed by atoms with Crippen molar-refractivity contribution in [1.82, 2.24) is 9.55 Å². The van der Waals surface area contributed by atoms with E-state index in [2.05, 4.69) is 4.98 Å². The van der Waals surface area contributed by atoms with Gasteiger partial charge in [-0.1, -0.05) is 0 Å². The third kappa shape index (κ3) is 3.10. The fourth-order valence-corrected chi connectivity index (χ4v) is 2.04. The van der Waals surface area contributed by atoms with E-state index in [1.807, 2.05) is 0 Å². The summed E-state index contributed by atoms with van der Waals surface area (Å²) in [5.41, 5.74) is 0.775. The molecule has 1 aromatic carbocycles. The topological polar surface area (TPSA) is 81.2 Å². The fourth-order valence-electron chi connectivity index (χ4n) is 2.04. The maximum Gasteiger partial charge on any atom is 0.328 e. The molecule has 1 heterocycles. The standard InChI is InChI=1S/C15H16N2O4/c1-9-7-17(15(20)16-14(9)19)8-12-6-11(10(2)18)4-5-13(12)21-3/h4-7H,8H2,1-3H3,(H,16,19,20). The lowest BCUT2D eigenvalue weighted by Gasteiger charge is -2.11. The number of nitrogens with one attached hydrogen (secondary N) is 1. The number of benzene rings is 1. The quantitative estimate of drug-likeness (QED) is 0.854. The largest absolute Gasteiger partial charge is 0.496 e. The van der Waals surface area contributed by atoms with Gasteiger partial charge in [-0.2, -0.15) is 0 Å². The molecule has 6 heteroatoms. The summed E-state index contributed by atoms with van der Waals surface area (Å²) in [5, 5.41) is 0. The molecule has 0 bridgehead atoms. The van der Waals surface area contributed by atoms with E-state index in [0.29, 0.717) is 22.4 Å². The number of aryl methyl sites for hydroxylation is 1. The first kappa shape index (κ1) is 14.8.